The lowest BCUT2D eigenvalue weighted by Gasteiger charge is -2.32. The van der Waals surface area contributed by atoms with Crippen LogP contribution in [-0.2, 0) is 16.0 Å². The summed E-state index contributed by atoms with van der Waals surface area (Å²) in [6, 6.07) is 16.6. The van der Waals surface area contributed by atoms with Gasteiger partial charge in [0.1, 0.15) is 17.6 Å². The van der Waals surface area contributed by atoms with Crippen molar-refractivity contribution in [2.24, 2.45) is 0 Å². The maximum absolute atomic E-state index is 12.4. The summed E-state index contributed by atoms with van der Waals surface area (Å²) in [5, 5.41) is 14.7. The smallest absolute Gasteiger partial charge is 0.407 e. The minimum atomic E-state index is -1.11. The number of nitrogens with zero attached hydrogens (tertiary/aromatic N) is 1. The van der Waals surface area contributed by atoms with Crippen LogP contribution in [0, 0.1) is 0 Å². The van der Waals surface area contributed by atoms with E-state index in [0.717, 1.165) is 25.7 Å². The number of hydrogen-bond acceptors (Lipinski definition) is 7. The number of ether oxygens (including phenoxy) is 3. The summed E-state index contributed by atoms with van der Waals surface area (Å²) in [4.78, 5) is 39.6. The number of carbonyl (C=O) groups is 3. The van der Waals surface area contributed by atoms with E-state index in [1.807, 2.05) is 0 Å². The number of methoxy groups -OCH3 is 1. The molecule has 2 atom stereocenters. The number of alkyl carbamates (subject to hydrolysis) is 1. The number of carbonyl (C=O) groups excluding carboxylic acids is 2. The topological polar surface area (TPSA) is 136 Å². The first-order chi connectivity index (χ1) is 18.4. The van der Waals surface area contributed by atoms with Crippen molar-refractivity contribution in [2.75, 3.05) is 12.4 Å². The lowest BCUT2D eigenvalue weighted by atomic mass is 9.92. The first-order valence-electron chi connectivity index (χ1n) is 12.3. The van der Waals surface area contributed by atoms with Crippen molar-refractivity contribution in [3.63, 3.8) is 0 Å². The van der Waals surface area contributed by atoms with E-state index < -0.39 is 12.1 Å². The van der Waals surface area contributed by atoms with Crippen LogP contribution in [0.25, 0.3) is 0 Å². The predicted octanol–water partition coefficient (Wildman–Crippen LogP) is 4.80. The molecule has 10 nitrogen and oxygen atoms in total. The maximum Gasteiger partial charge on any atom is 0.407 e. The van der Waals surface area contributed by atoms with Gasteiger partial charge in [-0.15, -0.1) is 0 Å². The molecule has 1 fully saturated rings. The summed E-state index contributed by atoms with van der Waals surface area (Å²) < 4.78 is 16.6. The monoisotopic (exact) mass is 519 g/mol. The Bertz CT molecular complexity index is 1260. The molecule has 1 aromatic heterocycles. The average molecular weight is 520 g/mol. The number of hydrogen-bond donors (Lipinski definition) is 3. The Labute approximate surface area is 219 Å². The van der Waals surface area contributed by atoms with Crippen molar-refractivity contribution < 1.29 is 33.7 Å². The molecule has 1 aliphatic rings. The van der Waals surface area contributed by atoms with Gasteiger partial charge in [-0.2, -0.15) is 0 Å². The number of para-hydroxylation sites is 1. The van der Waals surface area contributed by atoms with Crippen LogP contribution in [0.1, 0.15) is 41.6 Å². The van der Waals surface area contributed by atoms with Gasteiger partial charge in [0.15, 0.2) is 0 Å². The molecule has 1 aliphatic carbocycles. The molecule has 2 amide bonds. The number of rotatable bonds is 9. The third-order valence-electron chi connectivity index (χ3n) is 6.12. The summed E-state index contributed by atoms with van der Waals surface area (Å²) in [5.74, 6) is 0.117. The SMILES string of the molecule is COC(=O)NC1CCCCC1Oc1ccc(Oc2ccc(CC(=O)Nc3ccccc3C(=O)O)cn2)cc1. The number of aromatic nitrogens is 1. The molecule has 198 valence electrons. The van der Waals surface area contributed by atoms with Gasteiger partial charge in [0, 0.05) is 12.3 Å². The molecular weight excluding hydrogens is 490 g/mol. The van der Waals surface area contributed by atoms with Crippen molar-refractivity contribution in [3.8, 4) is 17.4 Å². The fourth-order valence-corrected chi connectivity index (χ4v) is 4.23. The Kier molecular flexibility index (Phi) is 8.76. The highest BCUT2D eigenvalue weighted by Crippen LogP contribution is 2.27. The van der Waals surface area contributed by atoms with Gasteiger partial charge < -0.3 is 30.0 Å². The highest BCUT2D eigenvalue weighted by atomic mass is 16.5. The number of anilines is 1. The van der Waals surface area contributed by atoms with E-state index in [2.05, 4.69) is 15.6 Å². The van der Waals surface area contributed by atoms with Crippen LogP contribution in [0.5, 0.6) is 17.4 Å². The fraction of sp³-hybridized carbons (Fsp3) is 0.286. The molecule has 3 N–H and O–H groups in total. The van der Waals surface area contributed by atoms with E-state index in [-0.39, 0.29) is 35.7 Å². The Morgan fingerprint density at radius 3 is 2.42 bits per heavy atom. The summed E-state index contributed by atoms with van der Waals surface area (Å²) in [6.07, 6.45) is 4.69. The van der Waals surface area contributed by atoms with Crippen molar-refractivity contribution in [2.45, 2.75) is 44.2 Å². The zero-order valence-corrected chi connectivity index (χ0v) is 20.9. The van der Waals surface area contributed by atoms with Gasteiger partial charge in [-0.1, -0.05) is 24.6 Å². The lowest BCUT2D eigenvalue weighted by molar-refractivity contribution is -0.115. The van der Waals surface area contributed by atoms with Gasteiger partial charge in [-0.25, -0.2) is 14.6 Å². The Morgan fingerprint density at radius 2 is 1.71 bits per heavy atom. The summed E-state index contributed by atoms with van der Waals surface area (Å²) in [7, 11) is 1.34. The van der Waals surface area contributed by atoms with Crippen LogP contribution in [0.15, 0.2) is 66.9 Å². The van der Waals surface area contributed by atoms with E-state index >= 15 is 0 Å². The number of amides is 2. The molecule has 1 saturated carbocycles. The standard InChI is InChI=1S/C28H29N3O7/c1-36-28(35)31-23-8-4-5-9-24(23)37-19-11-13-20(14-12-19)38-26-15-10-18(17-29-26)16-25(32)30-22-7-3-2-6-21(22)27(33)34/h2-3,6-7,10-15,17,23-24H,4-5,8-9,16H2,1H3,(H,30,32)(H,31,35)(H,33,34). The first-order valence-corrected chi connectivity index (χ1v) is 12.3. The molecule has 0 radical (unpaired) electrons. The number of pyridine rings is 1. The molecule has 2 unspecified atom stereocenters. The highest BCUT2D eigenvalue weighted by Gasteiger charge is 2.28. The third kappa shape index (κ3) is 7.22. The maximum atomic E-state index is 12.4. The second-order valence-corrected chi connectivity index (χ2v) is 8.84. The summed E-state index contributed by atoms with van der Waals surface area (Å²) >= 11 is 0. The molecular formula is C28H29N3O7. The molecule has 0 aliphatic heterocycles. The van der Waals surface area contributed by atoms with E-state index in [4.69, 9.17) is 14.2 Å². The normalized spacial score (nSPS) is 16.7. The lowest BCUT2D eigenvalue weighted by Crippen LogP contribution is -2.47. The van der Waals surface area contributed by atoms with Crippen molar-refractivity contribution in [1.82, 2.24) is 10.3 Å². The van der Waals surface area contributed by atoms with Gasteiger partial charge in [0.2, 0.25) is 11.8 Å². The molecule has 3 aromatic rings. The second-order valence-electron chi connectivity index (χ2n) is 8.84. The van der Waals surface area contributed by atoms with Crippen LogP contribution in [0.4, 0.5) is 10.5 Å². The second kappa shape index (κ2) is 12.6. The molecule has 0 spiro atoms. The van der Waals surface area contributed by atoms with Crippen molar-refractivity contribution in [1.29, 1.82) is 0 Å². The van der Waals surface area contributed by atoms with Crippen LogP contribution in [-0.4, -0.2) is 47.3 Å². The molecule has 2 aromatic carbocycles. The van der Waals surface area contributed by atoms with E-state index in [1.54, 1.807) is 54.6 Å². The Morgan fingerprint density at radius 1 is 0.974 bits per heavy atom. The predicted molar refractivity (Wildman–Crippen MR) is 139 cm³/mol. The zero-order chi connectivity index (χ0) is 26.9. The van der Waals surface area contributed by atoms with Crippen LogP contribution in [0.3, 0.4) is 0 Å². The minimum Gasteiger partial charge on any atom is -0.488 e. The molecule has 10 heteroatoms. The molecule has 0 bridgehead atoms. The van der Waals surface area contributed by atoms with Crippen molar-refractivity contribution in [3.05, 3.63) is 78.0 Å². The minimum absolute atomic E-state index is 0.0237. The van der Waals surface area contributed by atoms with Crippen LogP contribution >= 0.6 is 0 Å². The molecule has 1 heterocycles. The number of carboxylic acids is 1. The molecule has 4 rings (SSSR count). The van der Waals surface area contributed by atoms with E-state index in [0.29, 0.717) is 22.9 Å². The van der Waals surface area contributed by atoms with Gasteiger partial charge in [0.25, 0.3) is 0 Å². The van der Waals surface area contributed by atoms with Gasteiger partial charge >= 0.3 is 12.1 Å². The quantitative estimate of drug-likeness (QED) is 0.367. The largest absolute Gasteiger partial charge is 0.488 e. The molecule has 38 heavy (non-hydrogen) atoms. The average Bonchev–Trinajstić information content (AvgIpc) is 2.92. The molecule has 0 saturated heterocycles. The van der Waals surface area contributed by atoms with Crippen LogP contribution < -0.4 is 20.1 Å². The number of aromatic carboxylic acids is 1. The highest BCUT2D eigenvalue weighted by molar-refractivity contribution is 6.00. The van der Waals surface area contributed by atoms with E-state index in [1.165, 1.54) is 19.4 Å². The number of nitrogens with one attached hydrogen (secondary N) is 2. The van der Waals surface area contributed by atoms with Gasteiger partial charge in [-0.3, -0.25) is 4.79 Å². The zero-order valence-electron chi connectivity index (χ0n) is 20.9. The Hall–Kier alpha value is -4.60. The van der Waals surface area contributed by atoms with Gasteiger partial charge in [-0.05, 0) is 61.2 Å². The third-order valence-corrected chi connectivity index (χ3v) is 6.12. The summed E-state index contributed by atoms with van der Waals surface area (Å²) in [6.45, 7) is 0. The Balaban J connectivity index is 1.30. The fourth-order valence-electron chi connectivity index (χ4n) is 4.23. The van der Waals surface area contributed by atoms with E-state index in [9.17, 15) is 19.5 Å². The first kappa shape index (κ1) is 26.5. The summed E-state index contributed by atoms with van der Waals surface area (Å²) in [5.41, 5.74) is 0.911. The van der Waals surface area contributed by atoms with Crippen LogP contribution in [0.2, 0.25) is 0 Å². The number of benzene rings is 2. The van der Waals surface area contributed by atoms with Gasteiger partial charge in [0.05, 0.1) is 30.8 Å². The number of carboxylic acid groups (broad SMARTS) is 1. The van der Waals surface area contributed by atoms with Crippen molar-refractivity contribution >= 4 is 23.7 Å².